The van der Waals surface area contributed by atoms with E-state index in [1.54, 1.807) is 13.8 Å². The second-order valence-electron chi connectivity index (χ2n) is 13.9. The fourth-order valence-electron chi connectivity index (χ4n) is 5.72. The topological polar surface area (TPSA) is 127 Å². The summed E-state index contributed by atoms with van der Waals surface area (Å²) in [6, 6.07) is 0. The fraction of sp³-hybridized carbons (Fsp3) is 0.946. The lowest BCUT2D eigenvalue weighted by atomic mass is 10.1. The zero-order chi connectivity index (χ0) is 35.4. The second-order valence-corrected chi connectivity index (χ2v) is 15.3. The molecule has 284 valence electrons. The summed E-state index contributed by atoms with van der Waals surface area (Å²) < 4.78 is 44.7. The summed E-state index contributed by atoms with van der Waals surface area (Å²) in [5, 5.41) is 0. The minimum Gasteiger partial charge on any atom is -0.462 e. The molecule has 1 aliphatic rings. The van der Waals surface area contributed by atoms with Gasteiger partial charge in [-0.05, 0) is 26.7 Å². The number of unbranched alkanes of at least 4 members (excludes halogenated alkanes) is 20. The molecule has 0 amide bonds. The van der Waals surface area contributed by atoms with Crippen LogP contribution in [0.1, 0.15) is 182 Å². The molecule has 0 aromatic rings. The molecular formula is C37H71O10P. The maximum Gasteiger partial charge on any atom is 0.472 e. The van der Waals surface area contributed by atoms with Crippen molar-refractivity contribution < 1.29 is 47.0 Å². The van der Waals surface area contributed by atoms with Gasteiger partial charge in [-0.1, -0.05) is 142 Å². The molecule has 0 aliphatic carbocycles. The summed E-state index contributed by atoms with van der Waals surface area (Å²) in [5.41, 5.74) is 0. The quantitative estimate of drug-likeness (QED) is 0.0400. The van der Waals surface area contributed by atoms with Crippen LogP contribution in [0.15, 0.2) is 0 Å². The average molecular weight is 707 g/mol. The lowest BCUT2D eigenvalue weighted by molar-refractivity contribution is -0.161. The summed E-state index contributed by atoms with van der Waals surface area (Å²) in [4.78, 5) is 35.3. The Morgan fingerprint density at radius 2 is 1.12 bits per heavy atom. The molecular weight excluding hydrogens is 635 g/mol. The molecule has 1 fully saturated rings. The molecule has 1 saturated heterocycles. The number of hydrogen-bond donors (Lipinski definition) is 1. The number of carbonyl (C=O) groups excluding carboxylic acids is 2. The number of ether oxygens (including phenoxy) is 4. The maximum absolute atomic E-state index is 12.6. The number of phosphoric acid groups is 1. The van der Waals surface area contributed by atoms with Gasteiger partial charge in [0.1, 0.15) is 12.7 Å². The molecule has 2 unspecified atom stereocenters. The third-order valence-electron chi connectivity index (χ3n) is 8.61. The van der Waals surface area contributed by atoms with Gasteiger partial charge in [-0.2, -0.15) is 0 Å². The third kappa shape index (κ3) is 26.8. The molecule has 10 nitrogen and oxygen atoms in total. The Morgan fingerprint density at radius 1 is 0.688 bits per heavy atom. The largest absolute Gasteiger partial charge is 0.472 e. The normalized spacial score (nSPS) is 17.6. The van der Waals surface area contributed by atoms with Crippen LogP contribution < -0.4 is 0 Å². The van der Waals surface area contributed by atoms with Crippen LogP contribution in [0.5, 0.6) is 0 Å². The molecule has 0 bridgehead atoms. The zero-order valence-corrected chi connectivity index (χ0v) is 31.9. The lowest BCUT2D eigenvalue weighted by Gasteiger charge is -2.21. The summed E-state index contributed by atoms with van der Waals surface area (Å²) in [6.45, 7) is 7.27. The first-order valence-electron chi connectivity index (χ1n) is 19.4. The van der Waals surface area contributed by atoms with Crippen LogP contribution in [0.25, 0.3) is 0 Å². The highest BCUT2D eigenvalue weighted by Gasteiger charge is 2.35. The van der Waals surface area contributed by atoms with Crippen molar-refractivity contribution in [2.75, 3.05) is 26.4 Å². The van der Waals surface area contributed by atoms with Gasteiger partial charge >= 0.3 is 19.8 Å². The van der Waals surface area contributed by atoms with Crippen molar-refractivity contribution >= 4 is 19.8 Å². The van der Waals surface area contributed by atoms with Gasteiger partial charge in [-0.3, -0.25) is 18.6 Å². The molecule has 3 atom stereocenters. The molecule has 0 saturated carbocycles. The SMILES string of the molecule is CCCCCCCCCCCCCC(=O)OC[C@H](COP(=O)(O)OCC1COC(C)(C)O1)OC(=O)CCCCCCCCCCCCC. The Bertz CT molecular complexity index is 852. The summed E-state index contributed by atoms with van der Waals surface area (Å²) >= 11 is 0. The molecule has 0 spiro atoms. The van der Waals surface area contributed by atoms with Crippen LogP contribution in [0.2, 0.25) is 0 Å². The number of esters is 2. The number of carbonyl (C=O) groups is 2. The van der Waals surface area contributed by atoms with Crippen molar-refractivity contribution in [1.29, 1.82) is 0 Å². The van der Waals surface area contributed by atoms with Crippen molar-refractivity contribution in [3.8, 4) is 0 Å². The fourth-order valence-corrected chi connectivity index (χ4v) is 6.51. The van der Waals surface area contributed by atoms with E-state index in [9.17, 15) is 19.0 Å². The van der Waals surface area contributed by atoms with Crippen molar-refractivity contribution in [3.63, 3.8) is 0 Å². The molecule has 48 heavy (non-hydrogen) atoms. The number of rotatable bonds is 33. The highest BCUT2D eigenvalue weighted by atomic mass is 31.2. The average Bonchev–Trinajstić information content (AvgIpc) is 3.41. The maximum atomic E-state index is 12.6. The summed E-state index contributed by atoms with van der Waals surface area (Å²) in [6.07, 6.45) is 24.9. The minimum absolute atomic E-state index is 0.200. The van der Waals surface area contributed by atoms with E-state index in [0.717, 1.165) is 38.5 Å². The Kier molecular flexibility index (Phi) is 26.8. The summed E-state index contributed by atoms with van der Waals surface area (Å²) in [7, 11) is -4.49. The van der Waals surface area contributed by atoms with Gasteiger partial charge in [0.15, 0.2) is 11.9 Å². The van der Waals surface area contributed by atoms with Gasteiger partial charge in [-0.15, -0.1) is 0 Å². The van der Waals surface area contributed by atoms with Crippen molar-refractivity contribution in [3.05, 3.63) is 0 Å². The van der Waals surface area contributed by atoms with E-state index in [1.165, 1.54) is 96.3 Å². The Balaban J connectivity index is 2.37. The first-order valence-corrected chi connectivity index (χ1v) is 20.8. The van der Waals surface area contributed by atoms with Crippen LogP contribution >= 0.6 is 7.82 Å². The highest BCUT2D eigenvalue weighted by molar-refractivity contribution is 7.47. The van der Waals surface area contributed by atoms with Crippen LogP contribution in [-0.2, 0) is 42.1 Å². The van der Waals surface area contributed by atoms with Crippen LogP contribution in [0, 0.1) is 0 Å². The minimum atomic E-state index is -4.49. The molecule has 0 radical (unpaired) electrons. The van der Waals surface area contributed by atoms with Crippen LogP contribution in [-0.4, -0.2) is 61.3 Å². The second kappa shape index (κ2) is 28.6. The van der Waals surface area contributed by atoms with Crippen molar-refractivity contribution in [2.45, 2.75) is 200 Å². The van der Waals surface area contributed by atoms with Gasteiger partial charge in [0.2, 0.25) is 0 Å². The highest BCUT2D eigenvalue weighted by Crippen LogP contribution is 2.44. The first-order chi connectivity index (χ1) is 23.1. The molecule has 1 aliphatic heterocycles. The van der Waals surface area contributed by atoms with Gasteiger partial charge < -0.3 is 23.8 Å². The van der Waals surface area contributed by atoms with E-state index >= 15 is 0 Å². The van der Waals surface area contributed by atoms with E-state index in [2.05, 4.69) is 13.8 Å². The number of hydrogen-bond acceptors (Lipinski definition) is 9. The van der Waals surface area contributed by atoms with Gasteiger partial charge in [-0.25, -0.2) is 4.57 Å². The van der Waals surface area contributed by atoms with E-state index in [4.69, 9.17) is 28.0 Å². The molecule has 0 aromatic heterocycles. The van der Waals surface area contributed by atoms with Crippen LogP contribution in [0.3, 0.4) is 0 Å². The molecule has 0 aromatic carbocycles. The van der Waals surface area contributed by atoms with E-state index in [0.29, 0.717) is 6.42 Å². The Morgan fingerprint density at radius 3 is 1.56 bits per heavy atom. The van der Waals surface area contributed by atoms with Crippen molar-refractivity contribution in [2.24, 2.45) is 0 Å². The lowest BCUT2D eigenvalue weighted by Crippen LogP contribution is -2.30. The zero-order valence-electron chi connectivity index (χ0n) is 31.0. The predicted octanol–water partition coefficient (Wildman–Crippen LogP) is 10.1. The van der Waals surface area contributed by atoms with Crippen LogP contribution in [0.4, 0.5) is 0 Å². The molecule has 1 heterocycles. The van der Waals surface area contributed by atoms with Gasteiger partial charge in [0.05, 0.1) is 19.8 Å². The molecule has 11 heteroatoms. The van der Waals surface area contributed by atoms with Gasteiger partial charge in [0.25, 0.3) is 0 Å². The van der Waals surface area contributed by atoms with E-state index < -0.39 is 38.4 Å². The van der Waals surface area contributed by atoms with Gasteiger partial charge in [0, 0.05) is 12.8 Å². The van der Waals surface area contributed by atoms with E-state index in [1.807, 2.05) is 0 Å². The Labute approximate surface area is 292 Å². The monoisotopic (exact) mass is 706 g/mol. The standard InChI is InChI=1S/C37H71O10P/c1-5-7-9-11-13-15-17-19-21-23-25-27-35(38)42-29-33(31-44-48(40,41)45-32-34-30-43-37(3,4)47-34)46-36(39)28-26-24-22-20-18-16-14-12-10-8-6-2/h33-34H,5-32H2,1-4H3,(H,40,41)/t33-,34?/m1/s1. The van der Waals surface area contributed by atoms with E-state index in [-0.39, 0.29) is 38.6 Å². The predicted molar refractivity (Wildman–Crippen MR) is 190 cm³/mol. The summed E-state index contributed by atoms with van der Waals surface area (Å²) in [5.74, 6) is -1.63. The molecule has 1 N–H and O–H groups in total. The smallest absolute Gasteiger partial charge is 0.462 e. The molecule has 1 rings (SSSR count). The Hall–Kier alpha value is -1.03. The van der Waals surface area contributed by atoms with Crippen molar-refractivity contribution in [1.82, 2.24) is 0 Å². The number of phosphoric ester groups is 1. The first kappa shape index (κ1) is 45.0. The third-order valence-corrected chi connectivity index (χ3v) is 9.56.